The van der Waals surface area contributed by atoms with Crippen molar-refractivity contribution in [3.8, 4) is 11.5 Å². The molecule has 0 aliphatic heterocycles. The lowest BCUT2D eigenvalue weighted by Gasteiger charge is -2.09. The average molecular weight is 365 g/mol. The van der Waals surface area contributed by atoms with Crippen molar-refractivity contribution in [2.45, 2.75) is 13.8 Å². The zero-order valence-corrected chi connectivity index (χ0v) is 15.2. The number of hydrogen-bond acceptors (Lipinski definition) is 8. The van der Waals surface area contributed by atoms with Gasteiger partial charge in [-0.1, -0.05) is 0 Å². The first kappa shape index (κ1) is 20.8. The Morgan fingerprint density at radius 3 is 2.46 bits per heavy atom. The fraction of sp³-hybridized carbons (Fsp3) is 0.353. The fourth-order valence-corrected chi connectivity index (χ4v) is 1.84. The molecule has 9 nitrogen and oxygen atoms in total. The smallest absolute Gasteiger partial charge is 0.349 e. The van der Waals surface area contributed by atoms with Crippen LogP contribution in [0, 0.1) is 0 Å². The largest absolute Gasteiger partial charge is 0.497 e. The number of carbonyl (C=O) groups excluding carboxylic acids is 1. The summed E-state index contributed by atoms with van der Waals surface area (Å²) in [5, 5.41) is 17.4. The Labute approximate surface area is 151 Å². The van der Waals surface area contributed by atoms with Gasteiger partial charge in [-0.3, -0.25) is 0 Å². The van der Waals surface area contributed by atoms with Crippen molar-refractivity contribution in [1.82, 2.24) is 0 Å². The highest BCUT2D eigenvalue weighted by Crippen LogP contribution is 2.23. The molecule has 0 spiro atoms. The van der Waals surface area contributed by atoms with Crippen molar-refractivity contribution >= 4 is 18.0 Å². The van der Waals surface area contributed by atoms with E-state index in [2.05, 4.69) is 10.2 Å². The Bertz CT molecular complexity index is 712. The van der Waals surface area contributed by atoms with Crippen LogP contribution in [0.15, 0.2) is 39.9 Å². The van der Waals surface area contributed by atoms with E-state index in [1.165, 1.54) is 13.3 Å². The molecule has 0 atom stereocenters. The number of amidine groups is 1. The molecule has 26 heavy (non-hydrogen) atoms. The fourth-order valence-electron chi connectivity index (χ4n) is 1.84. The summed E-state index contributed by atoms with van der Waals surface area (Å²) in [7, 11) is 3.05. The number of benzene rings is 1. The van der Waals surface area contributed by atoms with E-state index in [0.29, 0.717) is 17.1 Å². The Balaban J connectivity index is 3.12. The molecule has 0 fully saturated rings. The van der Waals surface area contributed by atoms with Crippen LogP contribution in [-0.2, 0) is 14.3 Å². The zero-order valence-electron chi connectivity index (χ0n) is 15.2. The summed E-state index contributed by atoms with van der Waals surface area (Å²) < 4.78 is 20.1. The molecule has 1 rings (SSSR count). The van der Waals surface area contributed by atoms with Crippen LogP contribution in [0.25, 0.3) is 0 Å². The van der Waals surface area contributed by atoms with E-state index in [1.807, 2.05) is 0 Å². The first-order valence-electron chi connectivity index (χ1n) is 7.80. The molecule has 1 aromatic carbocycles. The van der Waals surface area contributed by atoms with E-state index in [4.69, 9.17) is 24.7 Å². The predicted octanol–water partition coefficient (Wildman–Crippen LogP) is 1.76. The van der Waals surface area contributed by atoms with Gasteiger partial charge in [0.25, 0.3) is 5.95 Å². The molecule has 0 aromatic heterocycles. The first-order valence-corrected chi connectivity index (χ1v) is 7.80. The standard InChI is InChI=1S/C17H23N3O6/c1-5-25-16(21)14(17(22)26-6-2)15(18)20-19-10-11-7-8-12(23-3)9-13(11)24-4/h7-10,21H,5-6H2,1-4H3,(H2,18,20)/b16-14?,19-10-. The Hall–Kier alpha value is -3.23. The van der Waals surface area contributed by atoms with Gasteiger partial charge in [0.05, 0.1) is 33.6 Å². The number of esters is 1. The SMILES string of the molecule is CCOC(=O)C(C(N)=N/N=C\c1ccc(OC)cc1OC)=C(O)OCC. The van der Waals surface area contributed by atoms with Crippen LogP contribution in [0.2, 0.25) is 0 Å². The van der Waals surface area contributed by atoms with E-state index in [0.717, 1.165) is 0 Å². The van der Waals surface area contributed by atoms with Gasteiger partial charge >= 0.3 is 5.97 Å². The Morgan fingerprint density at radius 1 is 1.19 bits per heavy atom. The maximum Gasteiger partial charge on any atom is 0.349 e. The van der Waals surface area contributed by atoms with Crippen molar-refractivity contribution in [1.29, 1.82) is 0 Å². The molecule has 9 heteroatoms. The molecule has 142 valence electrons. The molecule has 0 heterocycles. The average Bonchev–Trinajstić information content (AvgIpc) is 2.62. The molecule has 0 unspecified atom stereocenters. The van der Waals surface area contributed by atoms with E-state index in [-0.39, 0.29) is 19.0 Å². The highest BCUT2D eigenvalue weighted by molar-refractivity contribution is 6.18. The van der Waals surface area contributed by atoms with Gasteiger partial charge < -0.3 is 29.8 Å². The lowest BCUT2D eigenvalue weighted by Crippen LogP contribution is -2.25. The summed E-state index contributed by atoms with van der Waals surface area (Å²) in [6.45, 7) is 3.49. The van der Waals surface area contributed by atoms with Crippen molar-refractivity contribution in [3.05, 3.63) is 35.3 Å². The van der Waals surface area contributed by atoms with Crippen LogP contribution >= 0.6 is 0 Å². The van der Waals surface area contributed by atoms with E-state index in [1.54, 1.807) is 39.2 Å². The second-order valence-corrected chi connectivity index (χ2v) is 4.67. The molecule has 0 radical (unpaired) electrons. The summed E-state index contributed by atoms with van der Waals surface area (Å²) in [5.74, 6) is -0.754. The van der Waals surface area contributed by atoms with Crippen LogP contribution < -0.4 is 15.2 Å². The zero-order chi connectivity index (χ0) is 19.5. The Kier molecular flexibility index (Phi) is 8.48. The summed E-state index contributed by atoms with van der Waals surface area (Å²) in [6.07, 6.45) is 1.38. The molecule has 1 aromatic rings. The number of carbonyl (C=O) groups is 1. The van der Waals surface area contributed by atoms with Gasteiger partial charge in [0, 0.05) is 11.6 Å². The minimum absolute atomic E-state index is 0.0985. The van der Waals surface area contributed by atoms with E-state index in [9.17, 15) is 9.90 Å². The predicted molar refractivity (Wildman–Crippen MR) is 96.7 cm³/mol. The third kappa shape index (κ3) is 5.69. The molecule has 0 amide bonds. The maximum atomic E-state index is 11.9. The highest BCUT2D eigenvalue weighted by atomic mass is 16.6. The molecule has 0 saturated carbocycles. The minimum Gasteiger partial charge on any atom is -0.497 e. The minimum atomic E-state index is -0.864. The lowest BCUT2D eigenvalue weighted by molar-refractivity contribution is -0.138. The van der Waals surface area contributed by atoms with Gasteiger partial charge in [-0.25, -0.2) is 4.79 Å². The first-order chi connectivity index (χ1) is 12.5. The van der Waals surface area contributed by atoms with Gasteiger partial charge in [-0.05, 0) is 26.0 Å². The molecule has 3 N–H and O–H groups in total. The third-order valence-corrected chi connectivity index (χ3v) is 3.03. The summed E-state index contributed by atoms with van der Waals surface area (Å²) in [5.41, 5.74) is 5.96. The van der Waals surface area contributed by atoms with Crippen LogP contribution in [-0.4, -0.2) is 50.6 Å². The second-order valence-electron chi connectivity index (χ2n) is 4.67. The molecular formula is C17H23N3O6. The van der Waals surface area contributed by atoms with Crippen LogP contribution in [0.3, 0.4) is 0 Å². The molecule has 0 bridgehead atoms. The molecule has 0 aliphatic carbocycles. The topological polar surface area (TPSA) is 125 Å². The number of methoxy groups -OCH3 is 2. The van der Waals surface area contributed by atoms with E-state index >= 15 is 0 Å². The number of aliphatic hydroxyl groups is 1. The van der Waals surface area contributed by atoms with Crippen molar-refractivity contribution in [2.75, 3.05) is 27.4 Å². The van der Waals surface area contributed by atoms with Crippen LogP contribution in [0.1, 0.15) is 19.4 Å². The molecular weight excluding hydrogens is 342 g/mol. The molecule has 0 saturated heterocycles. The third-order valence-electron chi connectivity index (χ3n) is 3.03. The normalized spacial score (nSPS) is 12.5. The lowest BCUT2D eigenvalue weighted by atomic mass is 10.2. The van der Waals surface area contributed by atoms with Gasteiger partial charge in [0.2, 0.25) is 0 Å². The van der Waals surface area contributed by atoms with Crippen molar-refractivity contribution in [2.24, 2.45) is 15.9 Å². The van der Waals surface area contributed by atoms with E-state index < -0.39 is 17.5 Å². The number of hydrogen-bond donors (Lipinski definition) is 2. The van der Waals surface area contributed by atoms with Crippen molar-refractivity contribution < 1.29 is 28.8 Å². The van der Waals surface area contributed by atoms with Crippen LogP contribution in [0.5, 0.6) is 11.5 Å². The van der Waals surface area contributed by atoms with Gasteiger partial charge in [-0.2, -0.15) is 5.10 Å². The summed E-state index contributed by atoms with van der Waals surface area (Å²) in [6, 6.07) is 5.12. The summed E-state index contributed by atoms with van der Waals surface area (Å²) >= 11 is 0. The molecule has 0 aliphatic rings. The number of aliphatic hydroxyl groups excluding tert-OH is 1. The number of rotatable bonds is 9. The second kappa shape index (κ2) is 10.6. The number of nitrogens with zero attached hydrogens (tertiary/aromatic N) is 2. The maximum absolute atomic E-state index is 11.9. The number of ether oxygens (including phenoxy) is 4. The summed E-state index contributed by atoms with van der Waals surface area (Å²) in [4.78, 5) is 11.9. The van der Waals surface area contributed by atoms with Gasteiger partial charge in [0.1, 0.15) is 11.5 Å². The van der Waals surface area contributed by atoms with Gasteiger partial charge in [0.15, 0.2) is 11.4 Å². The number of nitrogens with two attached hydrogens (primary N) is 1. The quantitative estimate of drug-likeness (QED) is 0.171. The van der Waals surface area contributed by atoms with Gasteiger partial charge in [-0.15, -0.1) is 5.10 Å². The Morgan fingerprint density at radius 2 is 1.88 bits per heavy atom. The van der Waals surface area contributed by atoms with Crippen LogP contribution in [0.4, 0.5) is 0 Å². The highest BCUT2D eigenvalue weighted by Gasteiger charge is 2.22. The van der Waals surface area contributed by atoms with Crippen molar-refractivity contribution in [3.63, 3.8) is 0 Å². The monoisotopic (exact) mass is 365 g/mol.